The number of hydrogen-bond donors (Lipinski definition) is 0. The predicted molar refractivity (Wildman–Crippen MR) is 112 cm³/mol. The quantitative estimate of drug-likeness (QED) is 0.669. The van der Waals surface area contributed by atoms with Gasteiger partial charge in [-0.3, -0.25) is 4.79 Å². The summed E-state index contributed by atoms with van der Waals surface area (Å²) in [5.74, 6) is -0.894. The molecular formula is C21H24ClFN2O4S. The van der Waals surface area contributed by atoms with Gasteiger partial charge in [0.15, 0.2) is 0 Å². The Labute approximate surface area is 181 Å². The highest BCUT2D eigenvalue weighted by Crippen LogP contribution is 2.32. The number of sulfonamides is 1. The summed E-state index contributed by atoms with van der Waals surface area (Å²) in [6.45, 7) is 0.480. The lowest BCUT2D eigenvalue weighted by Gasteiger charge is -2.33. The van der Waals surface area contributed by atoms with Gasteiger partial charge in [0.2, 0.25) is 15.9 Å². The van der Waals surface area contributed by atoms with Gasteiger partial charge in [0, 0.05) is 37.3 Å². The zero-order valence-corrected chi connectivity index (χ0v) is 18.4. The molecule has 0 aromatic heterocycles. The van der Waals surface area contributed by atoms with Crippen LogP contribution < -0.4 is 4.74 Å². The molecule has 1 heterocycles. The van der Waals surface area contributed by atoms with Gasteiger partial charge < -0.3 is 9.64 Å². The van der Waals surface area contributed by atoms with Crippen molar-refractivity contribution < 1.29 is 22.3 Å². The van der Waals surface area contributed by atoms with Gasteiger partial charge in [-0.1, -0.05) is 29.8 Å². The number of carbonyl (C=O) groups excluding carboxylic acids is 1. The Hall–Kier alpha value is -2.16. The fraction of sp³-hybridized carbons (Fsp3) is 0.381. The molecule has 3 rings (SSSR count). The molecule has 1 amide bonds. The molecule has 162 valence electrons. The van der Waals surface area contributed by atoms with Crippen LogP contribution in [0, 0.1) is 11.7 Å². The normalized spacial score (nSPS) is 17.5. The first-order chi connectivity index (χ1) is 14.2. The van der Waals surface area contributed by atoms with Crippen LogP contribution in [0.1, 0.15) is 18.4 Å². The number of halogens is 2. The smallest absolute Gasteiger partial charge is 0.246 e. The van der Waals surface area contributed by atoms with E-state index in [0.29, 0.717) is 24.9 Å². The standard InChI is InChI=1S/C21H24ClFN2O4S/c1-24(13-15-6-3-4-8-18(15)23)21(26)16-7-5-11-25(14-16)30(27,28)20-12-17(22)9-10-19(20)29-2/h3-4,6,8-10,12,16H,5,7,11,13-14H2,1-2H3. The van der Waals surface area contributed by atoms with Gasteiger partial charge in [-0.15, -0.1) is 0 Å². The molecular weight excluding hydrogens is 431 g/mol. The predicted octanol–water partition coefficient (Wildman–Crippen LogP) is 3.55. The summed E-state index contributed by atoms with van der Waals surface area (Å²) in [7, 11) is -0.901. The first-order valence-electron chi connectivity index (χ1n) is 9.56. The molecule has 1 saturated heterocycles. The number of methoxy groups -OCH3 is 1. The third-order valence-corrected chi connectivity index (χ3v) is 7.34. The fourth-order valence-electron chi connectivity index (χ4n) is 3.63. The molecule has 9 heteroatoms. The van der Waals surface area contributed by atoms with Gasteiger partial charge in [-0.05, 0) is 37.1 Å². The molecule has 2 aromatic rings. The van der Waals surface area contributed by atoms with Crippen LogP contribution in [-0.4, -0.2) is 50.8 Å². The van der Waals surface area contributed by atoms with Gasteiger partial charge in [-0.2, -0.15) is 4.31 Å². The molecule has 1 fully saturated rings. The van der Waals surface area contributed by atoms with Crippen LogP contribution in [0.3, 0.4) is 0 Å². The van der Waals surface area contributed by atoms with Crippen LogP contribution in [-0.2, 0) is 21.4 Å². The number of ether oxygens (including phenoxy) is 1. The van der Waals surface area contributed by atoms with Crippen molar-refractivity contribution in [3.8, 4) is 5.75 Å². The van der Waals surface area contributed by atoms with E-state index in [2.05, 4.69) is 0 Å². The first kappa shape index (κ1) is 22.5. The summed E-state index contributed by atoms with van der Waals surface area (Å²) in [5, 5.41) is 0.281. The molecule has 0 bridgehead atoms. The number of rotatable bonds is 6. The monoisotopic (exact) mass is 454 g/mol. The highest BCUT2D eigenvalue weighted by Gasteiger charge is 2.36. The van der Waals surface area contributed by atoms with Crippen molar-refractivity contribution in [2.24, 2.45) is 5.92 Å². The van der Waals surface area contributed by atoms with E-state index in [1.807, 2.05) is 0 Å². The molecule has 30 heavy (non-hydrogen) atoms. The van der Waals surface area contributed by atoms with Crippen LogP contribution >= 0.6 is 11.6 Å². The summed E-state index contributed by atoms with van der Waals surface area (Å²) >= 11 is 6.00. The van der Waals surface area contributed by atoms with E-state index in [0.717, 1.165) is 0 Å². The summed E-state index contributed by atoms with van der Waals surface area (Å²) in [6, 6.07) is 10.7. The van der Waals surface area contributed by atoms with Crippen molar-refractivity contribution in [1.29, 1.82) is 0 Å². The van der Waals surface area contributed by atoms with Crippen molar-refractivity contribution in [1.82, 2.24) is 9.21 Å². The molecule has 1 aliphatic rings. The maximum Gasteiger partial charge on any atom is 0.246 e. The summed E-state index contributed by atoms with van der Waals surface area (Å²) in [4.78, 5) is 14.4. The topological polar surface area (TPSA) is 66.9 Å². The van der Waals surface area contributed by atoms with Gasteiger partial charge in [0.05, 0.1) is 13.0 Å². The Morgan fingerprint density at radius 3 is 2.73 bits per heavy atom. The highest BCUT2D eigenvalue weighted by atomic mass is 35.5. The van der Waals surface area contributed by atoms with Gasteiger partial charge in [-0.25, -0.2) is 12.8 Å². The number of hydrogen-bond acceptors (Lipinski definition) is 4. The fourth-order valence-corrected chi connectivity index (χ4v) is 5.57. The van der Waals surface area contributed by atoms with Crippen molar-refractivity contribution in [3.63, 3.8) is 0 Å². The lowest BCUT2D eigenvalue weighted by atomic mass is 9.98. The van der Waals surface area contributed by atoms with E-state index in [1.165, 1.54) is 34.5 Å². The average molecular weight is 455 g/mol. The maximum absolute atomic E-state index is 13.9. The lowest BCUT2D eigenvalue weighted by Crippen LogP contribution is -2.45. The Balaban J connectivity index is 1.77. The highest BCUT2D eigenvalue weighted by molar-refractivity contribution is 7.89. The van der Waals surface area contributed by atoms with Gasteiger partial charge >= 0.3 is 0 Å². The summed E-state index contributed by atoms with van der Waals surface area (Å²) in [5.41, 5.74) is 0.414. The van der Waals surface area contributed by atoms with Crippen LogP contribution in [0.5, 0.6) is 5.75 Å². The zero-order chi connectivity index (χ0) is 21.9. The molecule has 6 nitrogen and oxygen atoms in total. The Kier molecular flexibility index (Phi) is 7.00. The second-order valence-corrected chi connectivity index (χ2v) is 9.63. The molecule has 2 aromatic carbocycles. The molecule has 0 aliphatic carbocycles. The Morgan fingerprint density at radius 2 is 2.03 bits per heavy atom. The van der Waals surface area contributed by atoms with Crippen molar-refractivity contribution in [3.05, 3.63) is 58.9 Å². The minimum atomic E-state index is -3.89. The number of piperidine rings is 1. The zero-order valence-electron chi connectivity index (χ0n) is 16.8. The van der Waals surface area contributed by atoms with Crippen LogP contribution in [0.4, 0.5) is 4.39 Å². The van der Waals surface area contributed by atoms with E-state index >= 15 is 0 Å². The Bertz CT molecular complexity index is 1030. The average Bonchev–Trinajstić information content (AvgIpc) is 2.74. The van der Waals surface area contributed by atoms with Crippen molar-refractivity contribution in [2.75, 3.05) is 27.2 Å². The third kappa shape index (κ3) is 4.77. The molecule has 0 radical (unpaired) electrons. The van der Waals surface area contributed by atoms with Crippen LogP contribution in [0.2, 0.25) is 5.02 Å². The second-order valence-electron chi connectivity index (χ2n) is 7.28. The molecule has 0 spiro atoms. The van der Waals surface area contributed by atoms with Crippen LogP contribution in [0.25, 0.3) is 0 Å². The summed E-state index contributed by atoms with van der Waals surface area (Å²) < 4.78 is 46.8. The minimum absolute atomic E-state index is 0.0229. The number of nitrogens with zero attached hydrogens (tertiary/aromatic N) is 2. The summed E-state index contributed by atoms with van der Waals surface area (Å²) in [6.07, 6.45) is 1.12. The number of carbonyl (C=O) groups is 1. The molecule has 0 N–H and O–H groups in total. The maximum atomic E-state index is 13.9. The number of amides is 1. The molecule has 1 unspecified atom stereocenters. The van der Waals surface area contributed by atoms with E-state index < -0.39 is 15.9 Å². The molecule has 0 saturated carbocycles. The molecule has 1 atom stereocenters. The lowest BCUT2D eigenvalue weighted by molar-refractivity contribution is -0.135. The third-order valence-electron chi connectivity index (χ3n) is 5.22. The first-order valence-corrected chi connectivity index (χ1v) is 11.4. The Morgan fingerprint density at radius 1 is 1.30 bits per heavy atom. The van der Waals surface area contributed by atoms with Crippen molar-refractivity contribution in [2.45, 2.75) is 24.3 Å². The van der Waals surface area contributed by atoms with E-state index in [4.69, 9.17) is 16.3 Å². The van der Waals surface area contributed by atoms with Gasteiger partial charge in [0.25, 0.3) is 0 Å². The van der Waals surface area contributed by atoms with E-state index in [9.17, 15) is 17.6 Å². The second kappa shape index (κ2) is 9.32. The molecule has 1 aliphatic heterocycles. The van der Waals surface area contributed by atoms with Gasteiger partial charge in [0.1, 0.15) is 16.5 Å². The van der Waals surface area contributed by atoms with E-state index in [1.54, 1.807) is 31.3 Å². The minimum Gasteiger partial charge on any atom is -0.495 e. The largest absolute Gasteiger partial charge is 0.495 e. The SMILES string of the molecule is COc1ccc(Cl)cc1S(=O)(=O)N1CCCC(C(=O)N(C)Cc2ccccc2F)C1. The van der Waals surface area contributed by atoms with Crippen LogP contribution in [0.15, 0.2) is 47.4 Å². The number of benzene rings is 2. The van der Waals surface area contributed by atoms with E-state index in [-0.39, 0.29) is 40.5 Å². The van der Waals surface area contributed by atoms with Crippen molar-refractivity contribution >= 4 is 27.5 Å².